The Morgan fingerprint density at radius 2 is 1.85 bits per heavy atom. The van der Waals surface area contributed by atoms with Gasteiger partial charge in [-0.25, -0.2) is 0 Å². The number of hydrogen-bond acceptors (Lipinski definition) is 4. The first kappa shape index (κ1) is 20.6. The fraction of sp³-hybridized carbons (Fsp3) is 0.333. The van der Waals surface area contributed by atoms with Crippen LogP contribution >= 0.6 is 15.9 Å². The zero-order chi connectivity index (χ0) is 18.8. The fourth-order valence-electron chi connectivity index (χ4n) is 2.40. The van der Waals surface area contributed by atoms with Crippen LogP contribution in [0.2, 0.25) is 0 Å². The Morgan fingerprint density at radius 1 is 1.04 bits per heavy atom. The molecule has 0 bridgehead atoms. The second-order valence-corrected chi connectivity index (χ2v) is 6.32. The molecule has 0 saturated heterocycles. The summed E-state index contributed by atoms with van der Waals surface area (Å²) in [6, 6.07) is 14.0. The van der Waals surface area contributed by atoms with Crippen LogP contribution < -0.4 is 4.74 Å². The van der Waals surface area contributed by atoms with Gasteiger partial charge in [-0.05, 0) is 49.2 Å². The van der Waals surface area contributed by atoms with Crippen molar-refractivity contribution in [2.24, 2.45) is 0 Å². The molecule has 0 radical (unpaired) electrons. The van der Waals surface area contributed by atoms with E-state index in [0.717, 1.165) is 21.2 Å². The minimum Gasteiger partial charge on any atom is -0.468 e. The van der Waals surface area contributed by atoms with E-state index in [2.05, 4.69) is 28.1 Å². The van der Waals surface area contributed by atoms with Crippen molar-refractivity contribution in [3.05, 3.63) is 63.6 Å². The maximum atomic E-state index is 5.70. The molecular formula is C21H25BrO4. The summed E-state index contributed by atoms with van der Waals surface area (Å²) < 4.78 is 23.1. The van der Waals surface area contributed by atoms with E-state index >= 15 is 0 Å². The van der Waals surface area contributed by atoms with Crippen molar-refractivity contribution in [2.75, 3.05) is 27.1 Å². The van der Waals surface area contributed by atoms with E-state index in [1.54, 1.807) is 7.11 Å². The van der Waals surface area contributed by atoms with Crippen molar-refractivity contribution in [3.63, 3.8) is 0 Å². The summed E-state index contributed by atoms with van der Waals surface area (Å²) in [5.74, 6) is 0.712. The van der Waals surface area contributed by atoms with Gasteiger partial charge in [-0.3, -0.25) is 0 Å². The molecular weight excluding hydrogens is 396 g/mol. The number of hydrogen-bond donors (Lipinski definition) is 0. The van der Waals surface area contributed by atoms with Crippen LogP contribution in [0.15, 0.2) is 46.9 Å². The summed E-state index contributed by atoms with van der Waals surface area (Å²) >= 11 is 3.56. The first-order chi connectivity index (χ1) is 12.7. The normalized spacial score (nSPS) is 12.5. The lowest BCUT2D eigenvalue weighted by Crippen LogP contribution is -2.08. The van der Waals surface area contributed by atoms with Crippen LogP contribution in [0.1, 0.15) is 36.8 Å². The smallest absolute Gasteiger partial charge is 0.189 e. The summed E-state index contributed by atoms with van der Waals surface area (Å²) in [4.78, 5) is 0. The maximum absolute atomic E-state index is 5.70. The predicted molar refractivity (Wildman–Crippen MR) is 108 cm³/mol. The van der Waals surface area contributed by atoms with Gasteiger partial charge in [-0.2, -0.15) is 0 Å². The Labute approximate surface area is 163 Å². The zero-order valence-corrected chi connectivity index (χ0v) is 17.0. The molecule has 4 nitrogen and oxygen atoms in total. The van der Waals surface area contributed by atoms with Crippen molar-refractivity contribution in [2.45, 2.75) is 20.1 Å². The molecule has 0 spiro atoms. The molecule has 26 heavy (non-hydrogen) atoms. The van der Waals surface area contributed by atoms with Gasteiger partial charge < -0.3 is 18.9 Å². The van der Waals surface area contributed by atoms with Gasteiger partial charge >= 0.3 is 0 Å². The van der Waals surface area contributed by atoms with Crippen LogP contribution in [-0.2, 0) is 14.2 Å². The van der Waals surface area contributed by atoms with E-state index in [9.17, 15) is 0 Å². The molecule has 2 rings (SSSR count). The summed E-state index contributed by atoms with van der Waals surface area (Å²) in [5.41, 5.74) is 2.99. The summed E-state index contributed by atoms with van der Waals surface area (Å²) in [6.45, 7) is 5.25. The van der Waals surface area contributed by atoms with Gasteiger partial charge in [-0.1, -0.05) is 46.3 Å². The second kappa shape index (κ2) is 11.1. The first-order valence-corrected chi connectivity index (χ1v) is 9.39. The number of benzene rings is 2. The van der Waals surface area contributed by atoms with Gasteiger partial charge in [0.1, 0.15) is 5.75 Å². The van der Waals surface area contributed by atoms with E-state index in [0.29, 0.717) is 19.0 Å². The molecule has 0 aromatic heterocycles. The molecule has 2 aromatic carbocycles. The largest absolute Gasteiger partial charge is 0.468 e. The lowest BCUT2D eigenvalue weighted by molar-refractivity contribution is -0.124. The number of methoxy groups -OCH3 is 1. The average Bonchev–Trinajstić information content (AvgIpc) is 2.65. The van der Waals surface area contributed by atoms with E-state index < -0.39 is 6.29 Å². The molecule has 2 aromatic rings. The van der Waals surface area contributed by atoms with E-state index in [1.165, 1.54) is 0 Å². The summed E-state index contributed by atoms with van der Waals surface area (Å²) in [5, 5.41) is 0. The van der Waals surface area contributed by atoms with Gasteiger partial charge in [0.15, 0.2) is 13.1 Å². The number of ether oxygens (including phenoxy) is 4. The Balaban J connectivity index is 2.30. The van der Waals surface area contributed by atoms with Crippen LogP contribution in [0.4, 0.5) is 0 Å². The van der Waals surface area contributed by atoms with Crippen molar-refractivity contribution in [1.29, 1.82) is 0 Å². The quantitative estimate of drug-likeness (QED) is 0.281. The highest BCUT2D eigenvalue weighted by Gasteiger charge is 2.12. The lowest BCUT2D eigenvalue weighted by atomic mass is 10.1. The molecule has 0 amide bonds. The zero-order valence-electron chi connectivity index (χ0n) is 15.4. The molecule has 140 valence electrons. The molecule has 0 fully saturated rings. The molecule has 1 atom stereocenters. The highest BCUT2D eigenvalue weighted by atomic mass is 79.9. The Bertz CT molecular complexity index is 715. The molecule has 0 heterocycles. The van der Waals surface area contributed by atoms with E-state index in [-0.39, 0.29) is 6.79 Å². The topological polar surface area (TPSA) is 36.9 Å². The number of rotatable bonds is 10. The van der Waals surface area contributed by atoms with Crippen LogP contribution in [0, 0.1) is 0 Å². The molecule has 0 N–H and O–H groups in total. The van der Waals surface area contributed by atoms with Gasteiger partial charge in [0.2, 0.25) is 0 Å². The van der Waals surface area contributed by atoms with Crippen LogP contribution in [0.3, 0.4) is 0 Å². The highest BCUT2D eigenvalue weighted by Crippen LogP contribution is 2.27. The van der Waals surface area contributed by atoms with Crippen LogP contribution in [-0.4, -0.2) is 27.1 Å². The third kappa shape index (κ3) is 6.25. The number of halogens is 1. The predicted octanol–water partition coefficient (Wildman–Crippen LogP) is 5.67. The summed E-state index contributed by atoms with van der Waals surface area (Å²) in [7, 11) is 1.63. The minimum atomic E-state index is -0.439. The molecule has 0 saturated carbocycles. The molecule has 0 aliphatic carbocycles. The standard InChI is InChI=1S/C21H25BrO4/c1-4-24-15-26-19-13-16(10-11-17-8-6-7-9-20(17)22)12-18(14-19)21(23-3)25-5-2/h6-14,21H,4-5,15H2,1-3H3. The first-order valence-electron chi connectivity index (χ1n) is 8.60. The van der Waals surface area contributed by atoms with Gasteiger partial charge in [0, 0.05) is 30.4 Å². The summed E-state index contributed by atoms with van der Waals surface area (Å²) in [6.07, 6.45) is 3.65. The molecule has 1 unspecified atom stereocenters. The van der Waals surface area contributed by atoms with Gasteiger partial charge in [-0.15, -0.1) is 0 Å². The minimum absolute atomic E-state index is 0.208. The van der Waals surface area contributed by atoms with Gasteiger partial charge in [0.25, 0.3) is 0 Å². The third-order valence-electron chi connectivity index (χ3n) is 3.63. The fourth-order valence-corrected chi connectivity index (χ4v) is 2.82. The average molecular weight is 421 g/mol. The highest BCUT2D eigenvalue weighted by molar-refractivity contribution is 9.10. The van der Waals surface area contributed by atoms with Crippen molar-refractivity contribution >= 4 is 28.1 Å². The molecule has 5 heteroatoms. The molecule has 0 aliphatic rings. The Hall–Kier alpha value is -1.66. The lowest BCUT2D eigenvalue weighted by Gasteiger charge is -2.17. The van der Waals surface area contributed by atoms with Crippen molar-refractivity contribution in [3.8, 4) is 5.75 Å². The van der Waals surface area contributed by atoms with E-state index in [1.807, 2.05) is 56.3 Å². The second-order valence-electron chi connectivity index (χ2n) is 5.47. The monoisotopic (exact) mass is 420 g/mol. The van der Waals surface area contributed by atoms with Crippen molar-refractivity contribution < 1.29 is 18.9 Å². The SMILES string of the molecule is CCOCOc1cc(C=Cc2ccccc2Br)cc(C(OC)OCC)c1. The Morgan fingerprint density at radius 3 is 2.54 bits per heavy atom. The van der Waals surface area contributed by atoms with E-state index in [4.69, 9.17) is 18.9 Å². The third-order valence-corrected chi connectivity index (χ3v) is 4.35. The molecule has 0 aliphatic heterocycles. The Kier molecular flexibility index (Phi) is 8.85. The van der Waals surface area contributed by atoms with Gasteiger partial charge in [0.05, 0.1) is 0 Å². The van der Waals surface area contributed by atoms with Crippen LogP contribution in [0.5, 0.6) is 5.75 Å². The maximum Gasteiger partial charge on any atom is 0.189 e. The van der Waals surface area contributed by atoms with Crippen LogP contribution in [0.25, 0.3) is 12.2 Å². The van der Waals surface area contributed by atoms with Crippen molar-refractivity contribution in [1.82, 2.24) is 0 Å².